The standard InChI is InChI=1S/C14H21FN2O.ClH/c1-10(16-4)9-17-13(18)14(2,3)11-5-7-12(15)8-6-11;/h5-8,10,16H,9H2,1-4H3,(H,17,18);1H. The number of amides is 1. The van der Waals surface area contributed by atoms with Crippen molar-refractivity contribution in [3.63, 3.8) is 0 Å². The molecule has 5 heteroatoms. The highest BCUT2D eigenvalue weighted by Crippen LogP contribution is 2.23. The molecule has 0 heterocycles. The number of hydrogen-bond donors (Lipinski definition) is 2. The zero-order chi connectivity index (χ0) is 13.8. The molecule has 0 aliphatic heterocycles. The normalized spacial score (nSPS) is 12.5. The third-order valence-electron chi connectivity index (χ3n) is 3.20. The van der Waals surface area contributed by atoms with Crippen LogP contribution in [0.2, 0.25) is 0 Å². The summed E-state index contributed by atoms with van der Waals surface area (Å²) in [4.78, 5) is 12.1. The molecule has 1 rings (SSSR count). The molecule has 1 atom stereocenters. The lowest BCUT2D eigenvalue weighted by Gasteiger charge is -2.25. The molecule has 0 saturated carbocycles. The predicted octanol–water partition coefficient (Wildman–Crippen LogP) is 2.25. The van der Waals surface area contributed by atoms with E-state index in [9.17, 15) is 9.18 Å². The molecule has 0 bridgehead atoms. The zero-order valence-corrected chi connectivity index (χ0v) is 12.6. The average Bonchev–Trinajstić information content (AvgIpc) is 2.35. The van der Waals surface area contributed by atoms with Gasteiger partial charge in [-0.1, -0.05) is 12.1 Å². The van der Waals surface area contributed by atoms with Crippen LogP contribution in [0.4, 0.5) is 4.39 Å². The summed E-state index contributed by atoms with van der Waals surface area (Å²) >= 11 is 0. The number of likely N-dealkylation sites (N-methyl/N-ethyl adjacent to an activating group) is 1. The van der Waals surface area contributed by atoms with Gasteiger partial charge in [-0.3, -0.25) is 4.79 Å². The molecule has 108 valence electrons. The van der Waals surface area contributed by atoms with Gasteiger partial charge in [0.05, 0.1) is 5.41 Å². The van der Waals surface area contributed by atoms with Crippen molar-refractivity contribution in [1.82, 2.24) is 10.6 Å². The highest BCUT2D eigenvalue weighted by molar-refractivity contribution is 5.87. The van der Waals surface area contributed by atoms with E-state index >= 15 is 0 Å². The number of rotatable bonds is 5. The lowest BCUT2D eigenvalue weighted by Crippen LogP contribution is -2.45. The highest BCUT2D eigenvalue weighted by Gasteiger charge is 2.29. The average molecular weight is 289 g/mol. The second-order valence-corrected chi connectivity index (χ2v) is 5.03. The molecule has 0 aliphatic carbocycles. The summed E-state index contributed by atoms with van der Waals surface area (Å²) in [6.07, 6.45) is 0. The van der Waals surface area contributed by atoms with Crippen LogP contribution in [0.5, 0.6) is 0 Å². The van der Waals surface area contributed by atoms with Crippen LogP contribution in [-0.4, -0.2) is 25.5 Å². The summed E-state index contributed by atoms with van der Waals surface area (Å²) in [5.74, 6) is -0.352. The Morgan fingerprint density at radius 3 is 2.32 bits per heavy atom. The minimum atomic E-state index is -0.666. The van der Waals surface area contributed by atoms with Gasteiger partial charge in [0.25, 0.3) is 0 Å². The molecule has 0 aliphatic rings. The molecule has 1 aromatic carbocycles. The van der Waals surface area contributed by atoms with E-state index in [0.717, 1.165) is 5.56 Å². The summed E-state index contributed by atoms with van der Waals surface area (Å²) in [6, 6.07) is 6.27. The zero-order valence-electron chi connectivity index (χ0n) is 11.8. The molecular weight excluding hydrogens is 267 g/mol. The lowest BCUT2D eigenvalue weighted by atomic mass is 9.83. The van der Waals surface area contributed by atoms with Crippen molar-refractivity contribution in [2.24, 2.45) is 0 Å². The van der Waals surface area contributed by atoms with Crippen molar-refractivity contribution in [3.05, 3.63) is 35.6 Å². The minimum absolute atomic E-state index is 0. The molecule has 0 fully saturated rings. The Morgan fingerprint density at radius 1 is 1.32 bits per heavy atom. The van der Waals surface area contributed by atoms with Crippen molar-refractivity contribution in [2.75, 3.05) is 13.6 Å². The van der Waals surface area contributed by atoms with E-state index in [-0.39, 0.29) is 30.2 Å². The fourth-order valence-corrected chi connectivity index (χ4v) is 1.57. The van der Waals surface area contributed by atoms with E-state index in [2.05, 4.69) is 10.6 Å². The fraction of sp³-hybridized carbons (Fsp3) is 0.500. The number of carbonyl (C=O) groups is 1. The van der Waals surface area contributed by atoms with Crippen LogP contribution >= 0.6 is 12.4 Å². The van der Waals surface area contributed by atoms with Crippen LogP contribution < -0.4 is 10.6 Å². The first kappa shape index (κ1) is 17.9. The highest BCUT2D eigenvalue weighted by atomic mass is 35.5. The Labute approximate surface area is 120 Å². The van der Waals surface area contributed by atoms with Gasteiger partial charge in [0, 0.05) is 12.6 Å². The SMILES string of the molecule is CNC(C)CNC(=O)C(C)(C)c1ccc(F)cc1.Cl. The second-order valence-electron chi connectivity index (χ2n) is 5.03. The lowest BCUT2D eigenvalue weighted by molar-refractivity contribution is -0.125. The second kappa shape index (κ2) is 7.46. The number of nitrogens with one attached hydrogen (secondary N) is 2. The van der Waals surface area contributed by atoms with Crippen molar-refractivity contribution in [1.29, 1.82) is 0 Å². The maximum atomic E-state index is 12.9. The largest absolute Gasteiger partial charge is 0.354 e. The third-order valence-corrected chi connectivity index (χ3v) is 3.20. The van der Waals surface area contributed by atoms with Gasteiger partial charge in [-0.25, -0.2) is 4.39 Å². The summed E-state index contributed by atoms with van der Waals surface area (Å²) < 4.78 is 12.9. The van der Waals surface area contributed by atoms with Crippen LogP contribution in [0, 0.1) is 5.82 Å². The molecule has 2 N–H and O–H groups in total. The molecular formula is C14H22ClFN2O. The summed E-state index contributed by atoms with van der Waals surface area (Å²) in [5.41, 5.74) is 0.139. The first-order chi connectivity index (χ1) is 8.37. The Morgan fingerprint density at radius 2 is 1.84 bits per heavy atom. The van der Waals surface area contributed by atoms with Crippen LogP contribution in [0.1, 0.15) is 26.3 Å². The molecule has 1 amide bonds. The molecule has 0 radical (unpaired) electrons. The quantitative estimate of drug-likeness (QED) is 0.872. The number of carbonyl (C=O) groups excluding carboxylic acids is 1. The van der Waals surface area contributed by atoms with Crippen LogP contribution in [-0.2, 0) is 10.2 Å². The van der Waals surface area contributed by atoms with E-state index in [0.29, 0.717) is 6.54 Å². The van der Waals surface area contributed by atoms with Crippen molar-refractivity contribution < 1.29 is 9.18 Å². The van der Waals surface area contributed by atoms with E-state index < -0.39 is 5.41 Å². The molecule has 1 aromatic rings. The van der Waals surface area contributed by atoms with Gasteiger partial charge in [-0.2, -0.15) is 0 Å². The summed E-state index contributed by atoms with van der Waals surface area (Å²) in [6.45, 7) is 6.23. The van der Waals surface area contributed by atoms with E-state index in [1.807, 2.05) is 27.8 Å². The van der Waals surface area contributed by atoms with E-state index in [1.165, 1.54) is 12.1 Å². The van der Waals surface area contributed by atoms with E-state index in [4.69, 9.17) is 0 Å². The van der Waals surface area contributed by atoms with Gasteiger partial charge < -0.3 is 10.6 Å². The smallest absolute Gasteiger partial charge is 0.230 e. The van der Waals surface area contributed by atoms with E-state index in [1.54, 1.807) is 12.1 Å². The monoisotopic (exact) mass is 288 g/mol. The van der Waals surface area contributed by atoms with Gasteiger partial charge in [0.15, 0.2) is 0 Å². The molecule has 0 aromatic heterocycles. The van der Waals surface area contributed by atoms with Gasteiger partial charge >= 0.3 is 0 Å². The van der Waals surface area contributed by atoms with Gasteiger partial charge in [-0.15, -0.1) is 12.4 Å². The van der Waals surface area contributed by atoms with Crippen molar-refractivity contribution >= 4 is 18.3 Å². The van der Waals surface area contributed by atoms with Gasteiger partial charge in [-0.05, 0) is 45.5 Å². The first-order valence-electron chi connectivity index (χ1n) is 6.09. The fourth-order valence-electron chi connectivity index (χ4n) is 1.57. The Bertz CT molecular complexity index is 406. The number of benzene rings is 1. The molecule has 0 saturated heterocycles. The topological polar surface area (TPSA) is 41.1 Å². The van der Waals surface area contributed by atoms with Gasteiger partial charge in [0.1, 0.15) is 5.82 Å². The molecule has 0 spiro atoms. The molecule has 1 unspecified atom stereocenters. The Hall–Kier alpha value is -1.13. The van der Waals surface area contributed by atoms with Crippen molar-refractivity contribution in [2.45, 2.75) is 32.2 Å². The maximum absolute atomic E-state index is 12.9. The van der Waals surface area contributed by atoms with Gasteiger partial charge in [0.2, 0.25) is 5.91 Å². The number of hydrogen-bond acceptors (Lipinski definition) is 2. The van der Waals surface area contributed by atoms with Crippen LogP contribution in [0.25, 0.3) is 0 Å². The Balaban J connectivity index is 0.00000324. The third kappa shape index (κ3) is 4.80. The summed E-state index contributed by atoms with van der Waals surface area (Å²) in [7, 11) is 1.85. The van der Waals surface area contributed by atoms with Crippen LogP contribution in [0.15, 0.2) is 24.3 Å². The van der Waals surface area contributed by atoms with Crippen LogP contribution in [0.3, 0.4) is 0 Å². The molecule has 3 nitrogen and oxygen atoms in total. The first-order valence-corrected chi connectivity index (χ1v) is 6.09. The summed E-state index contributed by atoms with van der Waals surface area (Å²) in [5, 5.41) is 5.95. The Kier molecular flexibility index (Phi) is 7.01. The van der Waals surface area contributed by atoms with Crippen molar-refractivity contribution in [3.8, 4) is 0 Å². The number of halogens is 2. The molecule has 19 heavy (non-hydrogen) atoms. The maximum Gasteiger partial charge on any atom is 0.230 e. The minimum Gasteiger partial charge on any atom is -0.354 e. The predicted molar refractivity (Wildman–Crippen MR) is 78.2 cm³/mol.